The molecular weight excluding hydrogens is 334 g/mol. The van der Waals surface area contributed by atoms with E-state index in [2.05, 4.69) is 16.0 Å². The van der Waals surface area contributed by atoms with Crippen LogP contribution in [0.4, 0.5) is 17.1 Å². The molecule has 0 aliphatic rings. The van der Waals surface area contributed by atoms with Crippen molar-refractivity contribution in [3.05, 3.63) is 48.0 Å². The van der Waals surface area contributed by atoms with Crippen LogP contribution >= 0.6 is 0 Å². The highest BCUT2D eigenvalue weighted by Gasteiger charge is 2.13. The van der Waals surface area contributed by atoms with E-state index in [4.69, 9.17) is 4.74 Å². The fourth-order valence-electron chi connectivity index (χ4n) is 2.36. The van der Waals surface area contributed by atoms with Gasteiger partial charge in [0.25, 0.3) is 5.91 Å². The molecule has 0 spiro atoms. The number of hydrogen-bond donors (Lipinski definition) is 3. The Labute approximate surface area is 151 Å². The van der Waals surface area contributed by atoms with Crippen LogP contribution < -0.4 is 20.7 Å². The maximum atomic E-state index is 12.7. The Hall–Kier alpha value is -3.35. The lowest BCUT2D eigenvalue weighted by Crippen LogP contribution is -2.15. The topological polar surface area (TPSA) is 96.5 Å². The van der Waals surface area contributed by atoms with E-state index < -0.39 is 5.91 Å². The van der Waals surface area contributed by atoms with Crippen molar-refractivity contribution in [1.29, 1.82) is 0 Å². The fraction of sp³-hybridized carbons (Fsp3) is 0.211. The van der Waals surface area contributed by atoms with Crippen LogP contribution in [0.3, 0.4) is 0 Å². The van der Waals surface area contributed by atoms with Gasteiger partial charge in [0.1, 0.15) is 5.75 Å². The first-order chi connectivity index (χ1) is 12.4. The average Bonchev–Trinajstić information content (AvgIpc) is 2.55. The molecule has 0 atom stereocenters. The van der Waals surface area contributed by atoms with Crippen LogP contribution in [0.1, 0.15) is 31.1 Å². The van der Waals surface area contributed by atoms with Crippen molar-refractivity contribution >= 4 is 34.8 Å². The van der Waals surface area contributed by atoms with Crippen LogP contribution in [-0.4, -0.2) is 24.3 Å². The van der Waals surface area contributed by atoms with Gasteiger partial charge in [-0.2, -0.15) is 0 Å². The third-order valence-corrected chi connectivity index (χ3v) is 3.27. The molecule has 0 saturated carbocycles. The molecule has 2 aromatic rings. The summed E-state index contributed by atoms with van der Waals surface area (Å²) in [6.07, 6.45) is 0. The summed E-state index contributed by atoms with van der Waals surface area (Å²) >= 11 is 0. The van der Waals surface area contributed by atoms with Crippen molar-refractivity contribution in [2.24, 2.45) is 0 Å². The SMILES string of the molecule is CCOc1ccccc1NC(=O)c1cc(NC(C)=O)cc(NC(C)=O)c1. The molecule has 26 heavy (non-hydrogen) atoms. The zero-order valence-corrected chi connectivity index (χ0v) is 14.9. The lowest BCUT2D eigenvalue weighted by atomic mass is 10.1. The van der Waals surface area contributed by atoms with Gasteiger partial charge >= 0.3 is 0 Å². The van der Waals surface area contributed by atoms with E-state index in [1.807, 2.05) is 13.0 Å². The van der Waals surface area contributed by atoms with Crippen molar-refractivity contribution in [3.63, 3.8) is 0 Å². The number of para-hydroxylation sites is 2. The second kappa shape index (κ2) is 8.66. The van der Waals surface area contributed by atoms with Gasteiger partial charge in [0.05, 0.1) is 12.3 Å². The molecule has 7 heteroatoms. The predicted molar refractivity (Wildman–Crippen MR) is 101 cm³/mol. The van der Waals surface area contributed by atoms with E-state index in [0.717, 1.165) is 0 Å². The first kappa shape index (κ1) is 19.0. The van der Waals surface area contributed by atoms with Crippen molar-refractivity contribution < 1.29 is 19.1 Å². The van der Waals surface area contributed by atoms with Gasteiger partial charge in [-0.1, -0.05) is 12.1 Å². The normalized spacial score (nSPS) is 9.96. The van der Waals surface area contributed by atoms with Crippen LogP contribution in [0.25, 0.3) is 0 Å². The Bertz CT molecular complexity index is 799. The Balaban J connectivity index is 2.32. The number of anilines is 3. The first-order valence-electron chi connectivity index (χ1n) is 8.12. The molecule has 0 fully saturated rings. The molecule has 0 aliphatic carbocycles. The Kier molecular flexibility index (Phi) is 6.32. The van der Waals surface area contributed by atoms with Crippen molar-refractivity contribution in [3.8, 4) is 5.75 Å². The van der Waals surface area contributed by atoms with Crippen LogP contribution in [0, 0.1) is 0 Å². The van der Waals surface area contributed by atoms with Gasteiger partial charge in [0.2, 0.25) is 11.8 Å². The number of hydrogen-bond acceptors (Lipinski definition) is 4. The maximum absolute atomic E-state index is 12.7. The lowest BCUT2D eigenvalue weighted by Gasteiger charge is -2.13. The minimum Gasteiger partial charge on any atom is -0.492 e. The molecule has 7 nitrogen and oxygen atoms in total. The summed E-state index contributed by atoms with van der Waals surface area (Å²) in [6.45, 7) is 5.05. The molecule has 0 aromatic heterocycles. The predicted octanol–water partition coefficient (Wildman–Crippen LogP) is 3.25. The third-order valence-electron chi connectivity index (χ3n) is 3.27. The molecule has 0 bridgehead atoms. The molecule has 2 aromatic carbocycles. The molecule has 0 aliphatic heterocycles. The largest absolute Gasteiger partial charge is 0.492 e. The number of amides is 3. The van der Waals surface area contributed by atoms with Crippen molar-refractivity contribution in [2.75, 3.05) is 22.6 Å². The molecule has 0 unspecified atom stereocenters. The van der Waals surface area contributed by atoms with Gasteiger partial charge in [-0.25, -0.2) is 0 Å². The molecular formula is C19H21N3O4. The molecule has 0 saturated heterocycles. The molecule has 3 amide bonds. The van der Waals surface area contributed by atoms with Gasteiger partial charge in [-0.05, 0) is 37.3 Å². The Morgan fingerprint density at radius 2 is 1.46 bits per heavy atom. The quantitative estimate of drug-likeness (QED) is 0.741. The molecule has 2 rings (SSSR count). The highest BCUT2D eigenvalue weighted by Crippen LogP contribution is 2.25. The van der Waals surface area contributed by atoms with Crippen LogP contribution in [0.2, 0.25) is 0 Å². The monoisotopic (exact) mass is 355 g/mol. The summed E-state index contributed by atoms with van der Waals surface area (Å²) in [5.74, 6) is -0.393. The van der Waals surface area contributed by atoms with Gasteiger partial charge in [0.15, 0.2) is 0 Å². The summed E-state index contributed by atoms with van der Waals surface area (Å²) in [6, 6.07) is 11.7. The highest BCUT2D eigenvalue weighted by molar-refractivity contribution is 6.07. The molecule has 3 N–H and O–H groups in total. The number of rotatable bonds is 6. The van der Waals surface area contributed by atoms with E-state index in [1.54, 1.807) is 24.3 Å². The number of benzene rings is 2. The summed E-state index contributed by atoms with van der Waals surface area (Å²) < 4.78 is 5.50. The second-order valence-corrected chi connectivity index (χ2v) is 5.54. The number of carbonyl (C=O) groups is 3. The van der Waals surface area contributed by atoms with E-state index in [0.29, 0.717) is 29.4 Å². The molecule has 0 heterocycles. The van der Waals surface area contributed by atoms with Crippen LogP contribution in [0.5, 0.6) is 5.75 Å². The smallest absolute Gasteiger partial charge is 0.255 e. The van der Waals surface area contributed by atoms with E-state index in [9.17, 15) is 14.4 Å². The maximum Gasteiger partial charge on any atom is 0.255 e. The van der Waals surface area contributed by atoms with Crippen LogP contribution in [0.15, 0.2) is 42.5 Å². The number of carbonyl (C=O) groups excluding carboxylic acids is 3. The molecule has 0 radical (unpaired) electrons. The van der Waals surface area contributed by atoms with Crippen molar-refractivity contribution in [2.45, 2.75) is 20.8 Å². The van der Waals surface area contributed by atoms with Gasteiger partial charge in [-0.3, -0.25) is 14.4 Å². The standard InChI is InChI=1S/C19H21N3O4/c1-4-26-18-8-6-5-7-17(18)22-19(25)14-9-15(20-12(2)23)11-16(10-14)21-13(3)24/h5-11H,4H2,1-3H3,(H,20,23)(H,21,24)(H,22,25). The number of ether oxygens (including phenoxy) is 1. The minimum absolute atomic E-state index is 0.280. The summed E-state index contributed by atoms with van der Waals surface area (Å²) in [4.78, 5) is 35.3. The fourth-order valence-corrected chi connectivity index (χ4v) is 2.36. The van der Waals surface area contributed by atoms with Crippen LogP contribution in [-0.2, 0) is 9.59 Å². The molecule has 136 valence electrons. The van der Waals surface area contributed by atoms with Gasteiger partial charge in [0, 0.05) is 30.8 Å². The Morgan fingerprint density at radius 1 is 0.885 bits per heavy atom. The zero-order chi connectivity index (χ0) is 19.1. The van der Waals surface area contributed by atoms with E-state index in [-0.39, 0.29) is 17.4 Å². The zero-order valence-electron chi connectivity index (χ0n) is 14.9. The van der Waals surface area contributed by atoms with Crippen molar-refractivity contribution in [1.82, 2.24) is 0 Å². The summed E-state index contributed by atoms with van der Waals surface area (Å²) in [5, 5.41) is 8.01. The summed E-state index contributed by atoms with van der Waals surface area (Å²) in [5.41, 5.74) is 1.63. The second-order valence-electron chi connectivity index (χ2n) is 5.54. The van der Waals surface area contributed by atoms with Gasteiger partial charge < -0.3 is 20.7 Å². The Morgan fingerprint density at radius 3 is 2.00 bits per heavy atom. The van der Waals surface area contributed by atoms with Gasteiger partial charge in [-0.15, -0.1) is 0 Å². The summed E-state index contributed by atoms with van der Waals surface area (Å²) in [7, 11) is 0. The van der Waals surface area contributed by atoms with E-state index >= 15 is 0 Å². The third kappa shape index (κ3) is 5.34. The first-order valence-corrected chi connectivity index (χ1v) is 8.12. The highest BCUT2D eigenvalue weighted by atomic mass is 16.5. The number of nitrogens with one attached hydrogen (secondary N) is 3. The lowest BCUT2D eigenvalue weighted by molar-refractivity contribution is -0.115. The minimum atomic E-state index is -0.393. The average molecular weight is 355 g/mol. The van der Waals surface area contributed by atoms with E-state index in [1.165, 1.54) is 26.0 Å².